The van der Waals surface area contributed by atoms with E-state index in [-0.39, 0.29) is 5.82 Å². The molecule has 2 nitrogen and oxygen atoms in total. The van der Waals surface area contributed by atoms with Gasteiger partial charge in [-0.2, -0.15) is 0 Å². The first-order valence-corrected chi connectivity index (χ1v) is 7.97. The summed E-state index contributed by atoms with van der Waals surface area (Å²) < 4.78 is 13.5. The van der Waals surface area contributed by atoms with Gasteiger partial charge in [0.2, 0.25) is 0 Å². The molecule has 0 spiro atoms. The first kappa shape index (κ1) is 15.5. The fraction of sp³-hybridized carbons (Fsp3) is 0.647. The standard InChI is InChI=1S/C17H27FN2/c1-3-17(14-8-7-9-15(18)12-14)20(4-2)13-16-10-5-6-11-19-16/h7-9,12,16-17,19H,3-6,10-11,13H2,1-2H3. The van der Waals surface area contributed by atoms with E-state index >= 15 is 0 Å². The third kappa shape index (κ3) is 4.03. The van der Waals surface area contributed by atoms with Gasteiger partial charge < -0.3 is 5.32 Å². The molecule has 0 bridgehead atoms. The van der Waals surface area contributed by atoms with Crippen molar-refractivity contribution in [3.8, 4) is 0 Å². The van der Waals surface area contributed by atoms with Gasteiger partial charge in [-0.25, -0.2) is 4.39 Å². The van der Waals surface area contributed by atoms with E-state index in [1.54, 1.807) is 6.07 Å². The molecular formula is C17H27FN2. The number of halogens is 1. The maximum Gasteiger partial charge on any atom is 0.123 e. The van der Waals surface area contributed by atoms with E-state index in [0.29, 0.717) is 12.1 Å². The van der Waals surface area contributed by atoms with Crippen LogP contribution in [0.4, 0.5) is 4.39 Å². The van der Waals surface area contributed by atoms with Crippen LogP contribution in [0.2, 0.25) is 0 Å². The second-order valence-corrected chi connectivity index (χ2v) is 5.71. The molecule has 20 heavy (non-hydrogen) atoms. The van der Waals surface area contributed by atoms with E-state index in [2.05, 4.69) is 24.1 Å². The molecule has 1 aromatic rings. The van der Waals surface area contributed by atoms with Crippen molar-refractivity contribution in [1.82, 2.24) is 10.2 Å². The van der Waals surface area contributed by atoms with Crippen LogP contribution in [-0.2, 0) is 0 Å². The summed E-state index contributed by atoms with van der Waals surface area (Å²) in [7, 11) is 0. The molecule has 1 fully saturated rings. The highest BCUT2D eigenvalue weighted by molar-refractivity contribution is 5.20. The van der Waals surface area contributed by atoms with Gasteiger partial charge in [0.05, 0.1) is 0 Å². The van der Waals surface area contributed by atoms with Crippen molar-refractivity contribution in [3.05, 3.63) is 35.6 Å². The molecule has 1 aromatic carbocycles. The zero-order valence-electron chi connectivity index (χ0n) is 12.7. The number of benzene rings is 1. The van der Waals surface area contributed by atoms with Crippen molar-refractivity contribution in [3.63, 3.8) is 0 Å². The largest absolute Gasteiger partial charge is 0.313 e. The maximum atomic E-state index is 13.5. The number of nitrogens with zero attached hydrogens (tertiary/aromatic N) is 1. The molecule has 112 valence electrons. The molecule has 0 saturated carbocycles. The highest BCUT2D eigenvalue weighted by atomic mass is 19.1. The van der Waals surface area contributed by atoms with Crippen LogP contribution < -0.4 is 5.32 Å². The molecule has 0 amide bonds. The number of hydrogen-bond donors (Lipinski definition) is 1. The molecule has 2 rings (SSSR count). The lowest BCUT2D eigenvalue weighted by atomic mass is 9.99. The number of nitrogens with one attached hydrogen (secondary N) is 1. The van der Waals surface area contributed by atoms with Gasteiger partial charge in [0.1, 0.15) is 5.82 Å². The molecule has 0 radical (unpaired) electrons. The lowest BCUT2D eigenvalue weighted by Gasteiger charge is -2.35. The first-order chi connectivity index (χ1) is 9.74. The van der Waals surface area contributed by atoms with Crippen LogP contribution in [0.5, 0.6) is 0 Å². The molecule has 1 aliphatic heterocycles. The molecule has 3 heteroatoms. The number of rotatable bonds is 6. The predicted octanol–water partition coefficient (Wildman–Crippen LogP) is 3.74. The van der Waals surface area contributed by atoms with Gasteiger partial charge >= 0.3 is 0 Å². The third-order valence-electron chi connectivity index (χ3n) is 4.33. The molecule has 1 heterocycles. The molecule has 2 unspecified atom stereocenters. The Balaban J connectivity index is 2.06. The average Bonchev–Trinajstić information content (AvgIpc) is 2.48. The van der Waals surface area contributed by atoms with Crippen molar-refractivity contribution in [2.75, 3.05) is 19.6 Å². The fourth-order valence-electron chi connectivity index (χ4n) is 3.26. The summed E-state index contributed by atoms with van der Waals surface area (Å²) in [6.45, 7) is 7.59. The van der Waals surface area contributed by atoms with Gasteiger partial charge in [0, 0.05) is 18.6 Å². The van der Waals surface area contributed by atoms with Crippen LogP contribution in [0, 0.1) is 5.82 Å². The van der Waals surface area contributed by atoms with Crippen LogP contribution >= 0.6 is 0 Å². The Labute approximate surface area is 122 Å². The molecule has 1 N–H and O–H groups in total. The highest BCUT2D eigenvalue weighted by Crippen LogP contribution is 2.25. The van der Waals surface area contributed by atoms with E-state index in [0.717, 1.165) is 31.6 Å². The predicted molar refractivity (Wildman–Crippen MR) is 82.3 cm³/mol. The summed E-state index contributed by atoms with van der Waals surface area (Å²) in [5.74, 6) is -0.132. The van der Waals surface area contributed by atoms with E-state index < -0.39 is 0 Å². The van der Waals surface area contributed by atoms with Crippen LogP contribution in [0.1, 0.15) is 51.1 Å². The third-order valence-corrected chi connectivity index (χ3v) is 4.33. The van der Waals surface area contributed by atoms with Gasteiger partial charge in [0.15, 0.2) is 0 Å². The average molecular weight is 278 g/mol. The van der Waals surface area contributed by atoms with Crippen LogP contribution in [-0.4, -0.2) is 30.6 Å². The van der Waals surface area contributed by atoms with E-state index in [9.17, 15) is 4.39 Å². The lowest BCUT2D eigenvalue weighted by Crippen LogP contribution is -2.44. The summed E-state index contributed by atoms with van der Waals surface area (Å²) in [5.41, 5.74) is 1.10. The zero-order valence-corrected chi connectivity index (χ0v) is 12.7. The summed E-state index contributed by atoms with van der Waals surface area (Å²) in [5, 5.41) is 3.61. The smallest absolute Gasteiger partial charge is 0.123 e. The molecule has 0 aliphatic carbocycles. The second kappa shape index (κ2) is 7.75. The number of likely N-dealkylation sites (N-methyl/N-ethyl adjacent to an activating group) is 1. The normalized spacial score (nSPS) is 21.1. The Morgan fingerprint density at radius 3 is 2.80 bits per heavy atom. The first-order valence-electron chi connectivity index (χ1n) is 7.97. The van der Waals surface area contributed by atoms with Crippen molar-refractivity contribution in [1.29, 1.82) is 0 Å². The van der Waals surface area contributed by atoms with Gasteiger partial charge in [-0.15, -0.1) is 0 Å². The Morgan fingerprint density at radius 1 is 1.35 bits per heavy atom. The molecule has 1 aliphatic rings. The monoisotopic (exact) mass is 278 g/mol. The van der Waals surface area contributed by atoms with Gasteiger partial charge in [-0.05, 0) is 50.0 Å². The lowest BCUT2D eigenvalue weighted by molar-refractivity contribution is 0.169. The van der Waals surface area contributed by atoms with Crippen LogP contribution in [0.15, 0.2) is 24.3 Å². The van der Waals surface area contributed by atoms with Crippen molar-refractivity contribution in [2.24, 2.45) is 0 Å². The molecular weight excluding hydrogens is 251 g/mol. The number of hydrogen-bond acceptors (Lipinski definition) is 2. The minimum atomic E-state index is -0.132. The summed E-state index contributed by atoms with van der Waals surface area (Å²) in [6.07, 6.45) is 4.90. The van der Waals surface area contributed by atoms with Crippen molar-refractivity contribution < 1.29 is 4.39 Å². The van der Waals surface area contributed by atoms with Gasteiger partial charge in [-0.3, -0.25) is 4.90 Å². The van der Waals surface area contributed by atoms with E-state index in [4.69, 9.17) is 0 Å². The van der Waals surface area contributed by atoms with Crippen LogP contribution in [0.25, 0.3) is 0 Å². The van der Waals surface area contributed by atoms with Crippen LogP contribution in [0.3, 0.4) is 0 Å². The Hall–Kier alpha value is -0.930. The fourth-order valence-corrected chi connectivity index (χ4v) is 3.26. The molecule has 1 saturated heterocycles. The molecule has 2 atom stereocenters. The second-order valence-electron chi connectivity index (χ2n) is 5.71. The molecule has 0 aromatic heterocycles. The summed E-state index contributed by atoms with van der Waals surface area (Å²) in [4.78, 5) is 2.48. The SMILES string of the molecule is CCC(c1cccc(F)c1)N(CC)CC1CCCCN1. The summed E-state index contributed by atoms with van der Waals surface area (Å²) in [6, 6.07) is 7.99. The Kier molecular flexibility index (Phi) is 5.99. The minimum Gasteiger partial charge on any atom is -0.313 e. The zero-order chi connectivity index (χ0) is 14.4. The van der Waals surface area contributed by atoms with Gasteiger partial charge in [-0.1, -0.05) is 32.4 Å². The quantitative estimate of drug-likeness (QED) is 0.852. The van der Waals surface area contributed by atoms with E-state index in [1.165, 1.54) is 25.3 Å². The Morgan fingerprint density at radius 2 is 2.20 bits per heavy atom. The topological polar surface area (TPSA) is 15.3 Å². The van der Waals surface area contributed by atoms with E-state index in [1.807, 2.05) is 12.1 Å². The van der Waals surface area contributed by atoms with Gasteiger partial charge in [0.25, 0.3) is 0 Å². The maximum absolute atomic E-state index is 13.5. The highest BCUT2D eigenvalue weighted by Gasteiger charge is 2.22. The summed E-state index contributed by atoms with van der Waals surface area (Å²) >= 11 is 0. The van der Waals surface area contributed by atoms with Crippen molar-refractivity contribution in [2.45, 2.75) is 51.6 Å². The minimum absolute atomic E-state index is 0.132. The number of piperidine rings is 1. The van der Waals surface area contributed by atoms with Crippen molar-refractivity contribution >= 4 is 0 Å². The Bertz CT molecular complexity index is 402.